The lowest BCUT2D eigenvalue weighted by Crippen LogP contribution is -2.07. The van der Waals surface area contributed by atoms with E-state index in [0.29, 0.717) is 18.8 Å². The fourth-order valence-corrected chi connectivity index (χ4v) is 3.57. The highest BCUT2D eigenvalue weighted by Crippen LogP contribution is 2.31. The molecule has 0 saturated heterocycles. The molecule has 2 aromatic heterocycles. The predicted molar refractivity (Wildman–Crippen MR) is 112 cm³/mol. The van der Waals surface area contributed by atoms with Crippen LogP contribution in [0.3, 0.4) is 0 Å². The van der Waals surface area contributed by atoms with Gasteiger partial charge in [-0.2, -0.15) is 0 Å². The summed E-state index contributed by atoms with van der Waals surface area (Å²) in [5, 5.41) is 2.03. The molecule has 0 fully saturated rings. The number of hydrogen-bond donors (Lipinski definition) is 0. The third kappa shape index (κ3) is 3.49. The molecule has 4 rings (SSSR count). The van der Waals surface area contributed by atoms with Crippen LogP contribution < -0.4 is 9.47 Å². The first kappa shape index (κ1) is 18.8. The van der Waals surface area contributed by atoms with Gasteiger partial charge in [0.05, 0.1) is 32.5 Å². The second-order valence-corrected chi connectivity index (χ2v) is 6.63. The standard InChI is InChI=1S/C23H22N2O4/c1-4-29-23(26)20-12-19-18-7-5-6-8-21(18)25(22(19)13-24-20)14-15-9-16(27-2)11-17(10-15)28-3/h5-13H,4,14H2,1-3H3. The van der Waals surface area contributed by atoms with Crippen LogP contribution in [0.2, 0.25) is 0 Å². The zero-order valence-corrected chi connectivity index (χ0v) is 16.6. The van der Waals surface area contributed by atoms with Gasteiger partial charge < -0.3 is 18.8 Å². The maximum Gasteiger partial charge on any atom is 0.356 e. The van der Waals surface area contributed by atoms with Gasteiger partial charge in [0.25, 0.3) is 0 Å². The number of para-hydroxylation sites is 1. The van der Waals surface area contributed by atoms with Gasteiger partial charge in [-0.3, -0.25) is 0 Å². The molecule has 0 radical (unpaired) electrons. The smallest absolute Gasteiger partial charge is 0.356 e. The van der Waals surface area contributed by atoms with Crippen molar-refractivity contribution in [1.82, 2.24) is 9.55 Å². The van der Waals surface area contributed by atoms with Gasteiger partial charge in [0, 0.05) is 28.9 Å². The fourth-order valence-electron chi connectivity index (χ4n) is 3.57. The molecular weight excluding hydrogens is 368 g/mol. The Hall–Kier alpha value is -3.54. The highest BCUT2D eigenvalue weighted by atomic mass is 16.5. The Labute approximate surface area is 168 Å². The monoisotopic (exact) mass is 390 g/mol. The molecule has 0 aliphatic heterocycles. The van der Waals surface area contributed by atoms with Crippen molar-refractivity contribution in [2.24, 2.45) is 0 Å². The van der Waals surface area contributed by atoms with Crippen LogP contribution in [0.4, 0.5) is 0 Å². The topological polar surface area (TPSA) is 62.6 Å². The molecule has 6 nitrogen and oxygen atoms in total. The lowest BCUT2D eigenvalue weighted by atomic mass is 10.1. The third-order valence-corrected chi connectivity index (χ3v) is 4.90. The van der Waals surface area contributed by atoms with Crippen LogP contribution in [0, 0.1) is 0 Å². The summed E-state index contributed by atoms with van der Waals surface area (Å²) in [6.07, 6.45) is 1.74. The summed E-state index contributed by atoms with van der Waals surface area (Å²) in [7, 11) is 3.28. The lowest BCUT2D eigenvalue weighted by Gasteiger charge is -2.11. The first-order valence-corrected chi connectivity index (χ1v) is 9.40. The number of carbonyl (C=O) groups is 1. The SMILES string of the molecule is CCOC(=O)c1cc2c3ccccc3n(Cc3cc(OC)cc(OC)c3)c2cn1. The summed E-state index contributed by atoms with van der Waals surface area (Å²) in [4.78, 5) is 16.5. The second kappa shape index (κ2) is 7.83. The number of rotatable bonds is 6. The maximum atomic E-state index is 12.1. The van der Waals surface area contributed by atoms with Crippen molar-refractivity contribution in [2.45, 2.75) is 13.5 Å². The van der Waals surface area contributed by atoms with Crippen LogP contribution in [-0.4, -0.2) is 36.3 Å². The number of methoxy groups -OCH3 is 2. The van der Waals surface area contributed by atoms with E-state index in [1.807, 2.05) is 30.3 Å². The van der Waals surface area contributed by atoms with Gasteiger partial charge in [0.15, 0.2) is 0 Å². The Morgan fingerprint density at radius 3 is 2.38 bits per heavy atom. The minimum Gasteiger partial charge on any atom is -0.497 e. The maximum absolute atomic E-state index is 12.1. The molecule has 6 heteroatoms. The van der Waals surface area contributed by atoms with Gasteiger partial charge in [-0.25, -0.2) is 9.78 Å². The van der Waals surface area contributed by atoms with E-state index >= 15 is 0 Å². The first-order valence-electron chi connectivity index (χ1n) is 9.40. The minimum atomic E-state index is -0.413. The van der Waals surface area contributed by atoms with Crippen molar-refractivity contribution in [3.8, 4) is 11.5 Å². The van der Waals surface area contributed by atoms with E-state index < -0.39 is 5.97 Å². The average molecular weight is 390 g/mol. The van der Waals surface area contributed by atoms with Gasteiger partial charge in [0.1, 0.15) is 17.2 Å². The highest BCUT2D eigenvalue weighted by molar-refractivity contribution is 6.09. The van der Waals surface area contributed by atoms with Crippen molar-refractivity contribution in [2.75, 3.05) is 20.8 Å². The van der Waals surface area contributed by atoms with Gasteiger partial charge >= 0.3 is 5.97 Å². The molecule has 0 atom stereocenters. The molecule has 0 aliphatic rings. The van der Waals surface area contributed by atoms with Crippen LogP contribution in [0.25, 0.3) is 21.8 Å². The molecule has 0 unspecified atom stereocenters. The van der Waals surface area contributed by atoms with E-state index in [2.05, 4.69) is 21.7 Å². The Balaban J connectivity index is 1.87. The summed E-state index contributed by atoms with van der Waals surface area (Å²) in [6, 6.07) is 15.7. The van der Waals surface area contributed by atoms with E-state index in [9.17, 15) is 4.79 Å². The van der Waals surface area contributed by atoms with Crippen molar-refractivity contribution in [3.05, 3.63) is 66.0 Å². The first-order chi connectivity index (χ1) is 14.1. The molecule has 29 heavy (non-hydrogen) atoms. The Kier molecular flexibility index (Phi) is 5.08. The Bertz CT molecular complexity index is 1170. The van der Waals surface area contributed by atoms with Crippen molar-refractivity contribution in [1.29, 1.82) is 0 Å². The van der Waals surface area contributed by atoms with Crippen LogP contribution in [0.15, 0.2) is 54.7 Å². The largest absolute Gasteiger partial charge is 0.497 e. The van der Waals surface area contributed by atoms with Crippen molar-refractivity contribution in [3.63, 3.8) is 0 Å². The number of ether oxygens (including phenoxy) is 3. The number of pyridine rings is 1. The zero-order valence-electron chi connectivity index (χ0n) is 16.6. The summed E-state index contributed by atoms with van der Waals surface area (Å²) < 4.78 is 18.1. The van der Waals surface area contributed by atoms with Crippen LogP contribution in [0.5, 0.6) is 11.5 Å². The molecule has 4 aromatic rings. The van der Waals surface area contributed by atoms with E-state index in [4.69, 9.17) is 14.2 Å². The van der Waals surface area contributed by atoms with Crippen molar-refractivity contribution < 1.29 is 19.0 Å². The van der Waals surface area contributed by atoms with Gasteiger partial charge in [-0.15, -0.1) is 0 Å². The molecule has 148 valence electrons. The molecule has 0 saturated carbocycles. The number of hydrogen-bond acceptors (Lipinski definition) is 5. The predicted octanol–water partition coefficient (Wildman–Crippen LogP) is 4.43. The number of benzene rings is 2. The summed E-state index contributed by atoms with van der Waals surface area (Å²) >= 11 is 0. The minimum absolute atomic E-state index is 0.310. The van der Waals surface area contributed by atoms with E-state index in [0.717, 1.165) is 38.9 Å². The molecule has 0 N–H and O–H groups in total. The summed E-state index contributed by atoms with van der Waals surface area (Å²) in [6.45, 7) is 2.71. The van der Waals surface area contributed by atoms with Crippen molar-refractivity contribution >= 4 is 27.8 Å². The fraction of sp³-hybridized carbons (Fsp3) is 0.217. The Morgan fingerprint density at radius 2 is 1.69 bits per heavy atom. The molecule has 2 aromatic carbocycles. The number of nitrogens with zero attached hydrogens (tertiary/aromatic N) is 2. The zero-order chi connectivity index (χ0) is 20.4. The highest BCUT2D eigenvalue weighted by Gasteiger charge is 2.16. The molecule has 0 spiro atoms. The quantitative estimate of drug-likeness (QED) is 0.456. The Morgan fingerprint density at radius 1 is 0.966 bits per heavy atom. The summed E-state index contributed by atoms with van der Waals surface area (Å²) in [5.41, 5.74) is 3.36. The number of carbonyl (C=O) groups excluding carboxylic acids is 1. The molecule has 2 heterocycles. The number of aromatic nitrogens is 2. The van der Waals surface area contributed by atoms with E-state index in [1.54, 1.807) is 33.4 Å². The van der Waals surface area contributed by atoms with Gasteiger partial charge in [0.2, 0.25) is 0 Å². The number of esters is 1. The van der Waals surface area contributed by atoms with Gasteiger partial charge in [-0.1, -0.05) is 18.2 Å². The molecule has 0 aliphatic carbocycles. The average Bonchev–Trinajstić information content (AvgIpc) is 3.06. The normalized spacial score (nSPS) is 11.0. The molecule has 0 bridgehead atoms. The second-order valence-electron chi connectivity index (χ2n) is 6.63. The molecule has 0 amide bonds. The van der Waals surface area contributed by atoms with Gasteiger partial charge in [-0.05, 0) is 36.8 Å². The molecular formula is C23H22N2O4. The summed E-state index contributed by atoms with van der Waals surface area (Å²) in [5.74, 6) is 1.06. The number of fused-ring (bicyclic) bond motifs is 3. The van der Waals surface area contributed by atoms with E-state index in [-0.39, 0.29) is 0 Å². The van der Waals surface area contributed by atoms with Crippen LogP contribution in [-0.2, 0) is 11.3 Å². The van der Waals surface area contributed by atoms with Crippen LogP contribution >= 0.6 is 0 Å². The van der Waals surface area contributed by atoms with Crippen LogP contribution in [0.1, 0.15) is 23.0 Å². The lowest BCUT2D eigenvalue weighted by molar-refractivity contribution is 0.0519. The van der Waals surface area contributed by atoms with E-state index in [1.165, 1.54) is 0 Å². The third-order valence-electron chi connectivity index (χ3n) is 4.90.